The summed E-state index contributed by atoms with van der Waals surface area (Å²) in [6.07, 6.45) is 6.23. The van der Waals surface area contributed by atoms with Crippen molar-refractivity contribution in [2.45, 2.75) is 38.1 Å². The van der Waals surface area contributed by atoms with Crippen molar-refractivity contribution in [3.63, 3.8) is 0 Å². The number of anilines is 2. The van der Waals surface area contributed by atoms with Crippen LogP contribution in [-0.2, 0) is 0 Å². The topological polar surface area (TPSA) is 84.3 Å². The van der Waals surface area contributed by atoms with E-state index >= 15 is 0 Å². The number of hydrogen-bond acceptors (Lipinski definition) is 6. The molecule has 134 valence electrons. The molecule has 2 heterocycles. The summed E-state index contributed by atoms with van der Waals surface area (Å²) in [4.78, 5) is 12.8. The average Bonchev–Trinajstić information content (AvgIpc) is 2.58. The molecule has 0 amide bonds. The molecule has 2 fully saturated rings. The van der Waals surface area contributed by atoms with Gasteiger partial charge in [-0.05, 0) is 44.6 Å². The van der Waals surface area contributed by atoms with Crippen LogP contribution in [0, 0.1) is 5.92 Å². The molecule has 3 rings (SSSR count). The molecule has 6 nitrogen and oxygen atoms in total. The van der Waals surface area contributed by atoms with Crippen LogP contribution in [0.15, 0.2) is 0 Å². The van der Waals surface area contributed by atoms with E-state index in [1.807, 2.05) is 0 Å². The van der Waals surface area contributed by atoms with E-state index in [0.717, 1.165) is 38.6 Å². The third-order valence-electron chi connectivity index (χ3n) is 5.23. The van der Waals surface area contributed by atoms with E-state index in [1.54, 1.807) is 0 Å². The van der Waals surface area contributed by atoms with E-state index in [1.165, 1.54) is 32.1 Å². The fourth-order valence-corrected chi connectivity index (χ4v) is 4.03. The Morgan fingerprint density at radius 2 is 1.67 bits per heavy atom. The molecule has 0 bridgehead atoms. The van der Waals surface area contributed by atoms with Gasteiger partial charge in [0.1, 0.15) is 5.02 Å². The highest BCUT2D eigenvalue weighted by Gasteiger charge is 2.24. The normalized spacial score (nSPS) is 25.9. The van der Waals surface area contributed by atoms with Gasteiger partial charge >= 0.3 is 0 Å². The Balaban J connectivity index is 1.48. The van der Waals surface area contributed by atoms with Crippen LogP contribution in [0.1, 0.15) is 32.1 Å². The molecular weight excluding hydrogens is 347 g/mol. The second kappa shape index (κ2) is 8.04. The molecule has 0 unspecified atom stereocenters. The minimum atomic E-state index is 0.164. The smallest absolute Gasteiger partial charge is 0.223 e. The van der Waals surface area contributed by atoms with Gasteiger partial charge in [-0.25, -0.2) is 0 Å². The molecule has 1 aromatic heterocycles. The Labute approximate surface area is 153 Å². The maximum atomic E-state index is 6.23. The lowest BCUT2D eigenvalue weighted by Gasteiger charge is -2.36. The van der Waals surface area contributed by atoms with E-state index in [9.17, 15) is 0 Å². The van der Waals surface area contributed by atoms with Gasteiger partial charge in [-0.2, -0.15) is 9.97 Å². The highest BCUT2D eigenvalue weighted by atomic mass is 35.5. The molecule has 8 heteroatoms. The Bertz CT molecular complexity index is 554. The van der Waals surface area contributed by atoms with Gasteiger partial charge in [0, 0.05) is 32.2 Å². The van der Waals surface area contributed by atoms with Gasteiger partial charge in [-0.3, -0.25) is 4.90 Å². The minimum Gasteiger partial charge on any atom is -0.368 e. The monoisotopic (exact) mass is 372 g/mol. The number of hydrogen-bond donors (Lipinski definition) is 2. The van der Waals surface area contributed by atoms with Crippen molar-refractivity contribution in [3.05, 3.63) is 10.2 Å². The fourth-order valence-electron chi connectivity index (χ4n) is 3.66. The second-order valence-electron chi connectivity index (χ2n) is 6.91. The quantitative estimate of drug-likeness (QED) is 0.789. The van der Waals surface area contributed by atoms with Gasteiger partial charge in [-0.15, -0.1) is 0 Å². The van der Waals surface area contributed by atoms with Crippen LogP contribution in [0.2, 0.25) is 10.2 Å². The number of nitrogens with zero attached hydrogens (tertiary/aromatic N) is 4. The molecule has 4 N–H and O–H groups in total. The molecule has 1 saturated carbocycles. The van der Waals surface area contributed by atoms with Crippen LogP contribution in [0.4, 0.5) is 11.8 Å². The van der Waals surface area contributed by atoms with Gasteiger partial charge in [0.15, 0.2) is 11.0 Å². The Kier molecular flexibility index (Phi) is 6.02. The second-order valence-corrected chi connectivity index (χ2v) is 7.64. The lowest BCUT2D eigenvalue weighted by atomic mass is 9.84. The van der Waals surface area contributed by atoms with Crippen LogP contribution >= 0.6 is 23.2 Å². The van der Waals surface area contributed by atoms with Crippen molar-refractivity contribution in [2.24, 2.45) is 11.7 Å². The van der Waals surface area contributed by atoms with Crippen molar-refractivity contribution in [2.75, 3.05) is 43.4 Å². The summed E-state index contributed by atoms with van der Waals surface area (Å²) < 4.78 is 0. The van der Waals surface area contributed by atoms with Crippen molar-refractivity contribution in [3.8, 4) is 0 Å². The summed E-state index contributed by atoms with van der Waals surface area (Å²) in [7, 11) is 0. The zero-order valence-corrected chi connectivity index (χ0v) is 15.4. The lowest BCUT2D eigenvalue weighted by Crippen LogP contribution is -2.47. The van der Waals surface area contributed by atoms with E-state index in [4.69, 9.17) is 34.7 Å². The molecule has 24 heavy (non-hydrogen) atoms. The summed E-state index contributed by atoms with van der Waals surface area (Å²) in [5.41, 5.74) is 11.7. The largest absolute Gasteiger partial charge is 0.368 e. The van der Waals surface area contributed by atoms with E-state index in [-0.39, 0.29) is 11.1 Å². The molecule has 0 radical (unpaired) electrons. The number of piperazine rings is 1. The van der Waals surface area contributed by atoms with E-state index < -0.39 is 0 Å². The summed E-state index contributed by atoms with van der Waals surface area (Å²) in [5.74, 6) is 1.66. The summed E-state index contributed by atoms with van der Waals surface area (Å²) in [6.45, 7) is 4.92. The van der Waals surface area contributed by atoms with E-state index in [0.29, 0.717) is 16.9 Å². The van der Waals surface area contributed by atoms with Gasteiger partial charge in [-0.1, -0.05) is 23.2 Å². The summed E-state index contributed by atoms with van der Waals surface area (Å²) >= 11 is 12.2. The zero-order valence-electron chi connectivity index (χ0n) is 13.9. The standard InChI is InChI=1S/C16H26Cl2N6/c17-13-14(18)21-16(20)22-15(13)24-9-7-23(8-10-24)6-5-11-1-3-12(19)4-2-11/h11-12H,1-10,19H2,(H2,20,21,22). The molecule has 0 atom stereocenters. The molecule has 1 aliphatic heterocycles. The minimum absolute atomic E-state index is 0.164. The number of aromatic nitrogens is 2. The Morgan fingerprint density at radius 3 is 2.33 bits per heavy atom. The van der Waals surface area contributed by atoms with Crippen LogP contribution in [0.5, 0.6) is 0 Å². The third-order valence-corrected chi connectivity index (χ3v) is 5.95. The first-order valence-electron chi connectivity index (χ1n) is 8.74. The van der Waals surface area contributed by atoms with Crippen molar-refractivity contribution in [1.29, 1.82) is 0 Å². The van der Waals surface area contributed by atoms with Crippen LogP contribution in [0.3, 0.4) is 0 Å². The lowest BCUT2D eigenvalue weighted by molar-refractivity contribution is 0.216. The first-order valence-corrected chi connectivity index (χ1v) is 9.50. The predicted octanol–water partition coefficient (Wildman–Crippen LogP) is 2.40. The maximum absolute atomic E-state index is 6.23. The fraction of sp³-hybridized carbons (Fsp3) is 0.750. The SMILES string of the molecule is Nc1nc(Cl)c(Cl)c(N2CCN(CCC3CCC(N)CC3)CC2)n1. The van der Waals surface area contributed by atoms with Crippen molar-refractivity contribution < 1.29 is 0 Å². The molecule has 0 aromatic carbocycles. The predicted molar refractivity (Wildman–Crippen MR) is 99.7 cm³/mol. The summed E-state index contributed by atoms with van der Waals surface area (Å²) in [5, 5.41) is 0.606. The number of rotatable bonds is 4. The van der Waals surface area contributed by atoms with Crippen molar-refractivity contribution >= 4 is 35.0 Å². The molecule has 2 aliphatic rings. The number of nitrogen functional groups attached to an aromatic ring is 1. The van der Waals surface area contributed by atoms with Crippen LogP contribution < -0.4 is 16.4 Å². The van der Waals surface area contributed by atoms with Gasteiger partial charge in [0.25, 0.3) is 0 Å². The molecule has 1 aliphatic carbocycles. The number of nitrogens with two attached hydrogens (primary N) is 2. The zero-order chi connectivity index (χ0) is 17.1. The Hall–Kier alpha value is -0.820. The summed E-state index contributed by atoms with van der Waals surface area (Å²) in [6, 6.07) is 0.432. The van der Waals surface area contributed by atoms with Gasteiger partial charge in [0.05, 0.1) is 0 Å². The molecule has 0 spiro atoms. The number of halogens is 2. The van der Waals surface area contributed by atoms with Crippen LogP contribution in [0.25, 0.3) is 0 Å². The van der Waals surface area contributed by atoms with Crippen LogP contribution in [-0.4, -0.2) is 53.6 Å². The average molecular weight is 373 g/mol. The van der Waals surface area contributed by atoms with Gasteiger partial charge in [0.2, 0.25) is 5.95 Å². The van der Waals surface area contributed by atoms with Gasteiger partial charge < -0.3 is 16.4 Å². The third kappa shape index (κ3) is 4.42. The molecule has 1 aromatic rings. The maximum Gasteiger partial charge on any atom is 0.223 e. The molecular formula is C16H26Cl2N6. The highest BCUT2D eigenvalue weighted by molar-refractivity contribution is 6.42. The molecule has 1 saturated heterocycles. The van der Waals surface area contributed by atoms with E-state index in [2.05, 4.69) is 19.8 Å². The Morgan fingerprint density at radius 1 is 1.00 bits per heavy atom. The van der Waals surface area contributed by atoms with Crippen molar-refractivity contribution in [1.82, 2.24) is 14.9 Å². The first-order chi connectivity index (χ1) is 11.5. The highest BCUT2D eigenvalue weighted by Crippen LogP contribution is 2.31. The first kappa shape index (κ1) is 18.0.